The SMILES string of the molecule is COc1cc(Cl)cc(CBr)c1OCc1ccc(F)cc1Br. The fourth-order valence-corrected chi connectivity index (χ4v) is 2.94. The number of hydrogen-bond acceptors (Lipinski definition) is 2. The quantitative estimate of drug-likeness (QED) is 0.556. The molecule has 0 amide bonds. The summed E-state index contributed by atoms with van der Waals surface area (Å²) in [7, 11) is 1.56. The minimum Gasteiger partial charge on any atom is -0.493 e. The zero-order chi connectivity index (χ0) is 15.4. The summed E-state index contributed by atoms with van der Waals surface area (Å²) in [5.41, 5.74) is 1.73. The smallest absolute Gasteiger partial charge is 0.165 e. The van der Waals surface area contributed by atoms with E-state index in [1.54, 1.807) is 19.2 Å². The van der Waals surface area contributed by atoms with E-state index in [9.17, 15) is 4.39 Å². The van der Waals surface area contributed by atoms with E-state index >= 15 is 0 Å². The van der Waals surface area contributed by atoms with Crippen molar-refractivity contribution in [1.29, 1.82) is 0 Å². The molecule has 0 aliphatic heterocycles. The lowest BCUT2D eigenvalue weighted by molar-refractivity contribution is 0.281. The van der Waals surface area contributed by atoms with Crippen molar-refractivity contribution in [3.63, 3.8) is 0 Å². The normalized spacial score (nSPS) is 10.5. The van der Waals surface area contributed by atoms with Gasteiger partial charge in [0.05, 0.1) is 7.11 Å². The van der Waals surface area contributed by atoms with Crippen molar-refractivity contribution in [3.05, 3.63) is 56.8 Å². The van der Waals surface area contributed by atoms with Gasteiger partial charge in [0.2, 0.25) is 0 Å². The highest BCUT2D eigenvalue weighted by atomic mass is 79.9. The summed E-state index contributed by atoms with van der Waals surface area (Å²) in [5, 5.41) is 1.17. The molecule has 2 nitrogen and oxygen atoms in total. The van der Waals surface area contributed by atoms with Gasteiger partial charge in [0.1, 0.15) is 12.4 Å². The van der Waals surface area contributed by atoms with Crippen molar-refractivity contribution >= 4 is 43.5 Å². The Hall–Kier alpha value is -0.780. The molecule has 0 aliphatic carbocycles. The van der Waals surface area contributed by atoms with Crippen molar-refractivity contribution in [2.75, 3.05) is 7.11 Å². The lowest BCUT2D eigenvalue weighted by Crippen LogP contribution is -2.01. The molecule has 21 heavy (non-hydrogen) atoms. The molecule has 0 aliphatic rings. The predicted molar refractivity (Wildman–Crippen MR) is 89.1 cm³/mol. The lowest BCUT2D eigenvalue weighted by atomic mass is 10.2. The first-order valence-corrected chi connectivity index (χ1v) is 8.33. The molecule has 2 aromatic carbocycles. The Balaban J connectivity index is 2.26. The van der Waals surface area contributed by atoms with Crippen LogP contribution in [0.4, 0.5) is 4.39 Å². The van der Waals surface area contributed by atoms with Gasteiger partial charge in [-0.25, -0.2) is 4.39 Å². The van der Waals surface area contributed by atoms with E-state index in [2.05, 4.69) is 31.9 Å². The Kier molecular flexibility index (Phi) is 5.90. The molecule has 0 bridgehead atoms. The summed E-state index contributed by atoms with van der Waals surface area (Å²) in [5.74, 6) is 0.890. The summed E-state index contributed by atoms with van der Waals surface area (Å²) in [6, 6.07) is 7.99. The maximum Gasteiger partial charge on any atom is 0.165 e. The van der Waals surface area contributed by atoms with E-state index in [4.69, 9.17) is 21.1 Å². The van der Waals surface area contributed by atoms with E-state index in [0.29, 0.717) is 32.9 Å². The molecular weight excluding hydrogens is 426 g/mol. The molecule has 112 valence electrons. The van der Waals surface area contributed by atoms with Gasteiger partial charge in [-0.3, -0.25) is 0 Å². The van der Waals surface area contributed by atoms with E-state index in [1.807, 2.05) is 6.07 Å². The van der Waals surface area contributed by atoms with E-state index < -0.39 is 0 Å². The lowest BCUT2D eigenvalue weighted by Gasteiger charge is -2.15. The number of ether oxygens (including phenoxy) is 2. The second-order valence-corrected chi connectivity index (χ2v) is 6.11. The van der Waals surface area contributed by atoms with Crippen LogP contribution < -0.4 is 9.47 Å². The van der Waals surface area contributed by atoms with Gasteiger partial charge < -0.3 is 9.47 Å². The van der Waals surface area contributed by atoms with E-state index in [-0.39, 0.29) is 5.82 Å². The highest BCUT2D eigenvalue weighted by molar-refractivity contribution is 9.10. The first-order chi connectivity index (χ1) is 10.0. The third kappa shape index (κ3) is 4.11. The third-order valence-corrected chi connectivity index (χ3v) is 4.41. The van der Waals surface area contributed by atoms with Crippen LogP contribution in [0.3, 0.4) is 0 Å². The molecule has 2 aromatic rings. The Bertz CT molecular complexity index is 625. The number of benzene rings is 2. The zero-order valence-corrected chi connectivity index (χ0v) is 15.1. The molecule has 0 unspecified atom stereocenters. The van der Waals surface area contributed by atoms with Crippen molar-refractivity contribution < 1.29 is 13.9 Å². The predicted octanol–water partition coefficient (Wildman–Crippen LogP) is 5.72. The number of methoxy groups -OCH3 is 1. The molecule has 2 rings (SSSR count). The van der Waals surface area contributed by atoms with Gasteiger partial charge in [0.25, 0.3) is 0 Å². The van der Waals surface area contributed by atoms with Gasteiger partial charge in [-0.1, -0.05) is 49.5 Å². The number of hydrogen-bond donors (Lipinski definition) is 0. The standard InChI is InChI=1S/C15H12Br2ClFO2/c1-20-14-5-11(18)4-10(7-16)15(14)21-8-9-2-3-12(19)6-13(9)17/h2-6H,7-8H2,1H3. The molecule has 0 aromatic heterocycles. The fourth-order valence-electron chi connectivity index (χ4n) is 1.83. The summed E-state index contributed by atoms with van der Waals surface area (Å²) in [4.78, 5) is 0. The molecule has 0 radical (unpaired) electrons. The molecule has 0 heterocycles. The van der Waals surface area contributed by atoms with Gasteiger partial charge in [0.15, 0.2) is 11.5 Å². The van der Waals surface area contributed by atoms with Crippen molar-refractivity contribution in [2.45, 2.75) is 11.9 Å². The van der Waals surface area contributed by atoms with E-state index in [0.717, 1.165) is 11.1 Å². The van der Waals surface area contributed by atoms with Crippen LogP contribution in [-0.4, -0.2) is 7.11 Å². The molecule has 6 heteroatoms. The molecule has 0 fully saturated rings. The number of halogens is 4. The Morgan fingerprint density at radius 3 is 2.57 bits per heavy atom. The fraction of sp³-hybridized carbons (Fsp3) is 0.200. The summed E-state index contributed by atoms with van der Waals surface area (Å²) >= 11 is 12.8. The van der Waals surface area contributed by atoms with Crippen LogP contribution >= 0.6 is 43.5 Å². The second-order valence-electron chi connectivity index (χ2n) is 4.25. The summed E-state index contributed by atoms with van der Waals surface area (Å²) in [6.45, 7) is 0.291. The highest BCUT2D eigenvalue weighted by Gasteiger charge is 2.13. The Morgan fingerprint density at radius 1 is 1.19 bits per heavy atom. The molecule has 0 saturated heterocycles. The third-order valence-electron chi connectivity index (χ3n) is 2.85. The monoisotopic (exact) mass is 436 g/mol. The van der Waals surface area contributed by atoms with Crippen molar-refractivity contribution in [1.82, 2.24) is 0 Å². The summed E-state index contributed by atoms with van der Waals surface area (Å²) < 4.78 is 24.9. The average molecular weight is 439 g/mol. The minimum atomic E-state index is -0.296. The second kappa shape index (κ2) is 7.47. The highest BCUT2D eigenvalue weighted by Crippen LogP contribution is 2.36. The maximum absolute atomic E-state index is 13.1. The molecule has 0 N–H and O–H groups in total. The van der Waals surface area contributed by atoms with Gasteiger partial charge in [-0.05, 0) is 18.2 Å². The Morgan fingerprint density at radius 2 is 1.95 bits per heavy atom. The van der Waals surface area contributed by atoms with Gasteiger partial charge in [-0.2, -0.15) is 0 Å². The molecular formula is C15H12Br2ClFO2. The maximum atomic E-state index is 13.1. The summed E-state index contributed by atoms with van der Waals surface area (Å²) in [6.07, 6.45) is 0. The largest absolute Gasteiger partial charge is 0.493 e. The first kappa shape index (κ1) is 16.6. The van der Waals surface area contributed by atoms with Crippen LogP contribution in [0.5, 0.6) is 11.5 Å². The molecule has 0 atom stereocenters. The van der Waals surface area contributed by atoms with Crippen LogP contribution in [-0.2, 0) is 11.9 Å². The first-order valence-electron chi connectivity index (χ1n) is 6.04. The van der Waals surface area contributed by atoms with Crippen molar-refractivity contribution in [3.8, 4) is 11.5 Å². The minimum absolute atomic E-state index is 0.291. The van der Waals surface area contributed by atoms with Crippen LogP contribution in [0.25, 0.3) is 0 Å². The van der Waals surface area contributed by atoms with Gasteiger partial charge in [-0.15, -0.1) is 0 Å². The Labute approximate surface area is 144 Å². The average Bonchev–Trinajstić information content (AvgIpc) is 2.46. The topological polar surface area (TPSA) is 18.5 Å². The number of alkyl halides is 1. The zero-order valence-electron chi connectivity index (χ0n) is 11.1. The molecule has 0 saturated carbocycles. The van der Waals surface area contributed by atoms with Crippen molar-refractivity contribution in [2.24, 2.45) is 0 Å². The molecule has 0 spiro atoms. The van der Waals surface area contributed by atoms with Crippen LogP contribution in [0, 0.1) is 5.82 Å². The van der Waals surface area contributed by atoms with Gasteiger partial charge >= 0.3 is 0 Å². The van der Waals surface area contributed by atoms with Gasteiger partial charge in [0, 0.05) is 32.0 Å². The van der Waals surface area contributed by atoms with Crippen LogP contribution in [0.15, 0.2) is 34.8 Å². The van der Waals surface area contributed by atoms with E-state index in [1.165, 1.54) is 12.1 Å². The van der Waals surface area contributed by atoms with Crippen LogP contribution in [0.2, 0.25) is 5.02 Å². The van der Waals surface area contributed by atoms with Crippen LogP contribution in [0.1, 0.15) is 11.1 Å². The number of rotatable bonds is 5.